The summed E-state index contributed by atoms with van der Waals surface area (Å²) in [6.07, 6.45) is 0. The highest BCUT2D eigenvalue weighted by molar-refractivity contribution is 6.32. The van der Waals surface area contributed by atoms with Gasteiger partial charge in [0, 0.05) is 6.54 Å². The molecule has 72 valence electrons. The second-order valence-corrected chi connectivity index (χ2v) is 2.78. The lowest BCUT2D eigenvalue weighted by atomic mass is 10.3. The van der Waals surface area contributed by atoms with Crippen LogP contribution in [0.1, 0.15) is 0 Å². The molecule has 0 aliphatic rings. The molecule has 1 aromatic rings. The van der Waals surface area contributed by atoms with Gasteiger partial charge in [-0.1, -0.05) is 11.6 Å². The zero-order valence-electron chi connectivity index (χ0n) is 6.89. The summed E-state index contributed by atoms with van der Waals surface area (Å²) in [6.45, 7) is 0.898. The van der Waals surface area contributed by atoms with Crippen LogP contribution in [-0.4, -0.2) is 13.2 Å². The van der Waals surface area contributed by atoms with Gasteiger partial charge in [-0.25, -0.2) is 4.39 Å². The van der Waals surface area contributed by atoms with E-state index in [-0.39, 0.29) is 10.8 Å². The maximum Gasteiger partial charge on any atom is 0.138 e. The quantitative estimate of drug-likeness (QED) is 0.442. The van der Waals surface area contributed by atoms with Gasteiger partial charge in [-0.05, 0) is 18.2 Å². The first-order chi connectivity index (χ1) is 6.24. The SMILES string of the molecule is NNCCOc1ccc(F)cc1Cl. The number of hydrogen-bond donors (Lipinski definition) is 2. The molecular formula is C8H10ClFN2O. The van der Waals surface area contributed by atoms with Crippen molar-refractivity contribution in [2.45, 2.75) is 0 Å². The van der Waals surface area contributed by atoms with Gasteiger partial charge in [-0.3, -0.25) is 11.3 Å². The van der Waals surface area contributed by atoms with E-state index in [0.29, 0.717) is 18.9 Å². The third kappa shape index (κ3) is 3.18. The number of benzene rings is 1. The van der Waals surface area contributed by atoms with Gasteiger partial charge in [-0.15, -0.1) is 0 Å². The number of hydrogen-bond acceptors (Lipinski definition) is 3. The van der Waals surface area contributed by atoms with Crippen molar-refractivity contribution >= 4 is 11.6 Å². The zero-order valence-corrected chi connectivity index (χ0v) is 7.64. The molecule has 0 bridgehead atoms. The van der Waals surface area contributed by atoms with Crippen molar-refractivity contribution < 1.29 is 9.13 Å². The van der Waals surface area contributed by atoms with Gasteiger partial charge < -0.3 is 4.74 Å². The predicted molar refractivity (Wildman–Crippen MR) is 49.1 cm³/mol. The molecule has 0 aromatic heterocycles. The molecule has 3 N–H and O–H groups in total. The van der Waals surface area contributed by atoms with E-state index in [1.54, 1.807) is 0 Å². The maximum absolute atomic E-state index is 12.6. The second kappa shape index (κ2) is 5.01. The number of halogens is 2. The normalized spacial score (nSPS) is 10.1. The van der Waals surface area contributed by atoms with Crippen LogP contribution in [-0.2, 0) is 0 Å². The van der Waals surface area contributed by atoms with Crippen molar-refractivity contribution in [3.8, 4) is 5.75 Å². The summed E-state index contributed by atoms with van der Waals surface area (Å²) in [5, 5.41) is 0.261. The van der Waals surface area contributed by atoms with Crippen LogP contribution in [0.3, 0.4) is 0 Å². The first-order valence-electron chi connectivity index (χ1n) is 3.75. The van der Waals surface area contributed by atoms with E-state index in [4.69, 9.17) is 22.2 Å². The van der Waals surface area contributed by atoms with Crippen LogP contribution in [0.15, 0.2) is 18.2 Å². The average molecular weight is 205 g/mol. The summed E-state index contributed by atoms with van der Waals surface area (Å²) in [6, 6.07) is 3.97. The first-order valence-corrected chi connectivity index (χ1v) is 4.13. The molecule has 3 nitrogen and oxygen atoms in total. The Morgan fingerprint density at radius 3 is 2.92 bits per heavy atom. The molecule has 1 aromatic carbocycles. The van der Waals surface area contributed by atoms with Crippen molar-refractivity contribution in [2.75, 3.05) is 13.2 Å². The maximum atomic E-state index is 12.6. The highest BCUT2D eigenvalue weighted by Gasteiger charge is 2.01. The fourth-order valence-electron chi connectivity index (χ4n) is 0.812. The zero-order chi connectivity index (χ0) is 9.68. The largest absolute Gasteiger partial charge is 0.491 e. The summed E-state index contributed by atoms with van der Waals surface area (Å²) in [5.41, 5.74) is 2.43. The molecule has 0 saturated heterocycles. The Bertz CT molecular complexity index is 283. The Kier molecular flexibility index (Phi) is 3.95. The number of nitrogens with two attached hydrogens (primary N) is 1. The Morgan fingerprint density at radius 2 is 2.31 bits per heavy atom. The van der Waals surface area contributed by atoms with Crippen LogP contribution >= 0.6 is 11.6 Å². The smallest absolute Gasteiger partial charge is 0.138 e. The summed E-state index contributed by atoms with van der Waals surface area (Å²) >= 11 is 5.69. The predicted octanol–water partition coefficient (Wildman–Crippen LogP) is 1.32. The molecule has 0 fully saturated rings. The highest BCUT2D eigenvalue weighted by atomic mass is 35.5. The summed E-state index contributed by atoms with van der Waals surface area (Å²) in [4.78, 5) is 0. The second-order valence-electron chi connectivity index (χ2n) is 2.38. The summed E-state index contributed by atoms with van der Waals surface area (Å²) in [7, 11) is 0. The van der Waals surface area contributed by atoms with Gasteiger partial charge in [0.1, 0.15) is 18.2 Å². The van der Waals surface area contributed by atoms with Crippen LogP contribution in [0.2, 0.25) is 5.02 Å². The fraction of sp³-hybridized carbons (Fsp3) is 0.250. The number of nitrogens with one attached hydrogen (secondary N) is 1. The lowest BCUT2D eigenvalue weighted by molar-refractivity contribution is 0.315. The standard InChI is InChI=1S/C8H10ClFN2O/c9-7-5-6(10)1-2-8(7)13-4-3-12-11/h1-2,5,12H,3-4,11H2. The van der Waals surface area contributed by atoms with Crippen molar-refractivity contribution in [3.05, 3.63) is 29.0 Å². The van der Waals surface area contributed by atoms with Crippen LogP contribution in [0.5, 0.6) is 5.75 Å². The van der Waals surface area contributed by atoms with Gasteiger partial charge in [-0.2, -0.15) is 0 Å². The van der Waals surface area contributed by atoms with Gasteiger partial charge in [0.15, 0.2) is 0 Å². The van der Waals surface area contributed by atoms with E-state index >= 15 is 0 Å². The average Bonchev–Trinajstić information content (AvgIpc) is 2.09. The monoisotopic (exact) mass is 204 g/mol. The number of rotatable bonds is 4. The van der Waals surface area contributed by atoms with Crippen LogP contribution in [0.4, 0.5) is 4.39 Å². The van der Waals surface area contributed by atoms with Gasteiger partial charge in [0.2, 0.25) is 0 Å². The molecule has 0 amide bonds. The minimum Gasteiger partial charge on any atom is -0.491 e. The Hall–Kier alpha value is -0.840. The van der Waals surface area contributed by atoms with Gasteiger partial charge >= 0.3 is 0 Å². The number of ether oxygens (including phenoxy) is 1. The van der Waals surface area contributed by atoms with Crippen molar-refractivity contribution in [3.63, 3.8) is 0 Å². The van der Waals surface area contributed by atoms with Gasteiger partial charge in [0.05, 0.1) is 5.02 Å². The first kappa shape index (κ1) is 10.2. The molecule has 5 heteroatoms. The van der Waals surface area contributed by atoms with E-state index in [1.807, 2.05) is 0 Å². The third-order valence-corrected chi connectivity index (χ3v) is 1.69. The van der Waals surface area contributed by atoms with Crippen LogP contribution in [0, 0.1) is 5.82 Å². The van der Waals surface area contributed by atoms with E-state index < -0.39 is 0 Å². The number of hydrazine groups is 1. The highest BCUT2D eigenvalue weighted by Crippen LogP contribution is 2.24. The molecule has 0 unspecified atom stereocenters. The van der Waals surface area contributed by atoms with E-state index in [2.05, 4.69) is 5.43 Å². The topological polar surface area (TPSA) is 47.3 Å². The van der Waals surface area contributed by atoms with E-state index in [0.717, 1.165) is 0 Å². The molecule has 0 atom stereocenters. The van der Waals surface area contributed by atoms with Crippen molar-refractivity contribution in [2.24, 2.45) is 5.84 Å². The lowest BCUT2D eigenvalue weighted by Crippen LogP contribution is -2.27. The molecule has 0 aliphatic heterocycles. The molecule has 0 aliphatic carbocycles. The molecular weight excluding hydrogens is 195 g/mol. The van der Waals surface area contributed by atoms with E-state index in [1.165, 1.54) is 18.2 Å². The Balaban J connectivity index is 2.56. The van der Waals surface area contributed by atoms with Crippen molar-refractivity contribution in [1.29, 1.82) is 0 Å². The van der Waals surface area contributed by atoms with E-state index in [9.17, 15) is 4.39 Å². The summed E-state index contributed by atoms with van der Waals surface area (Å²) < 4.78 is 17.8. The van der Waals surface area contributed by atoms with Crippen LogP contribution < -0.4 is 16.0 Å². The Morgan fingerprint density at radius 1 is 1.54 bits per heavy atom. The lowest BCUT2D eigenvalue weighted by Gasteiger charge is -2.06. The molecule has 0 saturated carbocycles. The molecule has 0 radical (unpaired) electrons. The molecule has 0 spiro atoms. The molecule has 1 rings (SSSR count). The van der Waals surface area contributed by atoms with Crippen LogP contribution in [0.25, 0.3) is 0 Å². The van der Waals surface area contributed by atoms with Gasteiger partial charge in [0.25, 0.3) is 0 Å². The fourth-order valence-corrected chi connectivity index (χ4v) is 1.03. The van der Waals surface area contributed by atoms with Crippen molar-refractivity contribution in [1.82, 2.24) is 5.43 Å². The Labute approximate surface area is 80.6 Å². The molecule has 13 heavy (non-hydrogen) atoms. The third-order valence-electron chi connectivity index (χ3n) is 1.40. The summed E-state index contributed by atoms with van der Waals surface area (Å²) in [5.74, 6) is 5.11. The minimum absolute atomic E-state index is 0.261. The minimum atomic E-state index is -0.380. The molecule has 0 heterocycles.